The van der Waals surface area contributed by atoms with Crippen LogP contribution in [0, 0.1) is 0 Å². The second-order valence-corrected chi connectivity index (χ2v) is 3.64. The van der Waals surface area contributed by atoms with E-state index in [4.69, 9.17) is 0 Å². The molecule has 0 fully saturated rings. The Morgan fingerprint density at radius 3 is 2.44 bits per heavy atom. The Labute approximate surface area is 95.1 Å². The number of hydrogen-bond acceptors (Lipinski definition) is 1. The van der Waals surface area contributed by atoms with Gasteiger partial charge in [0, 0.05) is 12.1 Å². The molecule has 0 radical (unpaired) electrons. The lowest BCUT2D eigenvalue weighted by Gasteiger charge is -1.98. The second-order valence-electron chi connectivity index (χ2n) is 3.64. The van der Waals surface area contributed by atoms with E-state index in [0.29, 0.717) is 0 Å². The molecule has 2 rings (SSSR count). The number of nitrogens with zero attached hydrogens (tertiary/aromatic N) is 1. The fourth-order valence-electron chi connectivity index (χ4n) is 1.57. The van der Waals surface area contributed by atoms with Crippen molar-refractivity contribution in [3.8, 4) is 0 Å². The standard InChI is InChI=1S/C14H13NO/c1-15-10-6-5-9-13(15)14(16)11-12-7-3-2-4-8-12/h2-11H,1H3/p+1/b14-11-. The van der Waals surface area contributed by atoms with Gasteiger partial charge in [-0.1, -0.05) is 30.3 Å². The van der Waals surface area contributed by atoms with Crippen LogP contribution in [0.5, 0.6) is 0 Å². The lowest BCUT2D eigenvalue weighted by molar-refractivity contribution is -0.674. The van der Waals surface area contributed by atoms with E-state index >= 15 is 0 Å². The summed E-state index contributed by atoms with van der Waals surface area (Å²) in [5.41, 5.74) is 1.79. The zero-order chi connectivity index (χ0) is 11.4. The minimum atomic E-state index is 0.273. The molecule has 0 saturated heterocycles. The molecule has 16 heavy (non-hydrogen) atoms. The summed E-state index contributed by atoms with van der Waals surface area (Å²) >= 11 is 0. The molecule has 1 heterocycles. The minimum Gasteiger partial charge on any atom is -0.502 e. The van der Waals surface area contributed by atoms with Gasteiger partial charge < -0.3 is 5.11 Å². The number of benzene rings is 1. The average molecular weight is 212 g/mol. The maximum Gasteiger partial charge on any atom is 0.247 e. The Kier molecular flexibility index (Phi) is 3.01. The molecular formula is C14H14NO+. The summed E-state index contributed by atoms with van der Waals surface area (Å²) < 4.78 is 1.88. The van der Waals surface area contributed by atoms with Crippen molar-refractivity contribution < 1.29 is 9.67 Å². The van der Waals surface area contributed by atoms with E-state index in [0.717, 1.165) is 11.3 Å². The SMILES string of the molecule is C[n+]1ccccc1/C(O)=C/c1ccccc1. The minimum absolute atomic E-state index is 0.273. The molecule has 80 valence electrons. The first kappa shape index (κ1) is 10.4. The predicted molar refractivity (Wildman–Crippen MR) is 64.6 cm³/mol. The van der Waals surface area contributed by atoms with Crippen LogP contribution in [0.15, 0.2) is 54.7 Å². The lowest BCUT2D eigenvalue weighted by Crippen LogP contribution is -2.32. The summed E-state index contributed by atoms with van der Waals surface area (Å²) in [6, 6.07) is 15.5. The van der Waals surface area contributed by atoms with Gasteiger partial charge in [-0.25, -0.2) is 0 Å². The van der Waals surface area contributed by atoms with Crippen LogP contribution in [0.4, 0.5) is 0 Å². The third kappa shape index (κ3) is 2.28. The van der Waals surface area contributed by atoms with Crippen molar-refractivity contribution in [1.82, 2.24) is 0 Å². The highest BCUT2D eigenvalue weighted by atomic mass is 16.3. The van der Waals surface area contributed by atoms with Gasteiger partial charge in [0.2, 0.25) is 5.69 Å². The molecule has 0 bridgehead atoms. The molecule has 0 unspecified atom stereocenters. The van der Waals surface area contributed by atoms with Crippen LogP contribution < -0.4 is 4.57 Å². The summed E-state index contributed by atoms with van der Waals surface area (Å²) in [6.45, 7) is 0. The molecule has 0 amide bonds. The van der Waals surface area contributed by atoms with Crippen molar-refractivity contribution >= 4 is 11.8 Å². The van der Waals surface area contributed by atoms with Gasteiger partial charge in [-0.15, -0.1) is 0 Å². The Morgan fingerprint density at radius 2 is 1.75 bits per heavy atom. The van der Waals surface area contributed by atoms with Crippen molar-refractivity contribution in [3.63, 3.8) is 0 Å². The molecule has 0 atom stereocenters. The van der Waals surface area contributed by atoms with Gasteiger partial charge in [-0.05, 0) is 17.7 Å². The number of aliphatic hydroxyl groups excluding tert-OH is 1. The number of hydrogen-bond donors (Lipinski definition) is 1. The molecule has 0 aliphatic carbocycles. The molecular weight excluding hydrogens is 198 g/mol. The maximum atomic E-state index is 10.00. The van der Waals surface area contributed by atoms with E-state index in [1.54, 1.807) is 6.08 Å². The number of pyridine rings is 1. The Balaban J connectivity index is 2.36. The fraction of sp³-hybridized carbons (Fsp3) is 0.0714. The maximum absolute atomic E-state index is 10.00. The predicted octanol–water partition coefficient (Wildman–Crippen LogP) is 2.57. The fourth-order valence-corrected chi connectivity index (χ4v) is 1.57. The van der Waals surface area contributed by atoms with Crippen LogP contribution >= 0.6 is 0 Å². The zero-order valence-corrected chi connectivity index (χ0v) is 9.17. The van der Waals surface area contributed by atoms with Crippen molar-refractivity contribution in [2.24, 2.45) is 7.05 Å². The molecule has 0 aliphatic rings. The molecule has 1 N–H and O–H groups in total. The van der Waals surface area contributed by atoms with Gasteiger partial charge in [-0.3, -0.25) is 0 Å². The first-order chi connectivity index (χ1) is 7.77. The smallest absolute Gasteiger partial charge is 0.247 e. The number of aryl methyl sites for hydroxylation is 1. The highest BCUT2D eigenvalue weighted by Crippen LogP contribution is 2.11. The van der Waals surface area contributed by atoms with E-state index in [1.807, 2.05) is 66.3 Å². The molecule has 0 saturated carbocycles. The second kappa shape index (κ2) is 4.62. The van der Waals surface area contributed by atoms with Crippen LogP contribution in [0.2, 0.25) is 0 Å². The summed E-state index contributed by atoms with van der Waals surface area (Å²) in [7, 11) is 1.91. The normalized spacial score (nSPS) is 11.4. The van der Waals surface area contributed by atoms with E-state index in [2.05, 4.69) is 0 Å². The van der Waals surface area contributed by atoms with E-state index < -0.39 is 0 Å². The van der Waals surface area contributed by atoms with Gasteiger partial charge >= 0.3 is 0 Å². The van der Waals surface area contributed by atoms with Crippen LogP contribution in [0.1, 0.15) is 11.3 Å². The third-order valence-corrected chi connectivity index (χ3v) is 2.42. The van der Waals surface area contributed by atoms with Gasteiger partial charge in [0.25, 0.3) is 0 Å². The molecule has 2 aromatic rings. The summed E-state index contributed by atoms with van der Waals surface area (Å²) in [5.74, 6) is 0.273. The molecule has 1 aromatic heterocycles. The van der Waals surface area contributed by atoms with Gasteiger partial charge in [-0.2, -0.15) is 4.57 Å². The summed E-state index contributed by atoms with van der Waals surface area (Å²) in [5, 5.41) is 10.00. The quantitative estimate of drug-likeness (QED) is 0.600. The van der Waals surface area contributed by atoms with Crippen LogP contribution in [0.25, 0.3) is 11.8 Å². The topological polar surface area (TPSA) is 24.1 Å². The molecule has 0 aliphatic heterocycles. The Hall–Kier alpha value is -2.09. The van der Waals surface area contributed by atoms with Gasteiger partial charge in [0.05, 0.1) is 0 Å². The first-order valence-electron chi connectivity index (χ1n) is 5.18. The molecule has 0 spiro atoms. The zero-order valence-electron chi connectivity index (χ0n) is 9.17. The van der Waals surface area contributed by atoms with Crippen molar-refractivity contribution in [2.75, 3.05) is 0 Å². The van der Waals surface area contributed by atoms with Crippen LogP contribution in [-0.4, -0.2) is 5.11 Å². The van der Waals surface area contributed by atoms with Crippen molar-refractivity contribution in [1.29, 1.82) is 0 Å². The van der Waals surface area contributed by atoms with Crippen molar-refractivity contribution in [2.45, 2.75) is 0 Å². The number of aliphatic hydroxyl groups is 1. The Bertz CT molecular complexity index is 503. The van der Waals surface area contributed by atoms with Gasteiger partial charge in [0.15, 0.2) is 12.0 Å². The lowest BCUT2D eigenvalue weighted by atomic mass is 10.2. The van der Waals surface area contributed by atoms with E-state index in [-0.39, 0.29) is 5.76 Å². The highest BCUT2D eigenvalue weighted by Gasteiger charge is 2.09. The largest absolute Gasteiger partial charge is 0.502 e. The van der Waals surface area contributed by atoms with Crippen molar-refractivity contribution in [3.05, 3.63) is 66.0 Å². The third-order valence-electron chi connectivity index (χ3n) is 2.42. The van der Waals surface area contributed by atoms with E-state index in [9.17, 15) is 5.11 Å². The van der Waals surface area contributed by atoms with Crippen LogP contribution in [-0.2, 0) is 7.05 Å². The Morgan fingerprint density at radius 1 is 1.06 bits per heavy atom. The summed E-state index contributed by atoms with van der Waals surface area (Å²) in [4.78, 5) is 0. The number of rotatable bonds is 2. The first-order valence-corrected chi connectivity index (χ1v) is 5.18. The van der Waals surface area contributed by atoms with Crippen LogP contribution in [0.3, 0.4) is 0 Å². The molecule has 2 heteroatoms. The molecule has 2 nitrogen and oxygen atoms in total. The highest BCUT2D eigenvalue weighted by molar-refractivity contribution is 5.73. The monoisotopic (exact) mass is 212 g/mol. The molecule has 1 aromatic carbocycles. The number of aromatic nitrogens is 1. The average Bonchev–Trinajstić information content (AvgIpc) is 2.31. The van der Waals surface area contributed by atoms with Gasteiger partial charge in [0.1, 0.15) is 7.05 Å². The summed E-state index contributed by atoms with van der Waals surface area (Å²) in [6.07, 6.45) is 3.67. The van der Waals surface area contributed by atoms with E-state index in [1.165, 1.54) is 0 Å².